The highest BCUT2D eigenvalue weighted by atomic mass is 16.5. The zero-order valence-electron chi connectivity index (χ0n) is 13.6. The first-order chi connectivity index (χ1) is 11.8. The number of pyridine rings is 1. The van der Waals surface area contributed by atoms with Crippen LogP contribution < -0.4 is 10.1 Å². The van der Waals surface area contributed by atoms with Crippen LogP contribution in [0.15, 0.2) is 30.7 Å². The molecule has 7 heteroatoms. The molecule has 1 amide bonds. The number of hydrogen-bond donors (Lipinski definition) is 1. The normalized spacial score (nSPS) is 15.0. The topological polar surface area (TPSA) is 86.2 Å². The van der Waals surface area contributed by atoms with Crippen molar-refractivity contribution in [2.24, 2.45) is 5.92 Å². The number of aromatic nitrogens is 3. The van der Waals surface area contributed by atoms with E-state index >= 15 is 0 Å². The van der Waals surface area contributed by atoms with Crippen molar-refractivity contribution in [3.63, 3.8) is 0 Å². The Labute approximate surface area is 140 Å². The standard InChI is InChI=1S/C17H20N4O3/c1-2-24-16-11-18-10-14(20-16)13-3-4-15(19-9-13)21-17(22)12-5-7-23-8-6-12/h3-4,9-12H,2,5-8H2,1H3,(H,19,21,22). The smallest absolute Gasteiger partial charge is 0.232 e. The quantitative estimate of drug-likeness (QED) is 0.906. The zero-order valence-corrected chi connectivity index (χ0v) is 13.6. The highest BCUT2D eigenvalue weighted by Crippen LogP contribution is 2.20. The predicted octanol–water partition coefficient (Wildman–Crippen LogP) is 2.30. The van der Waals surface area contributed by atoms with Gasteiger partial charge in [-0.25, -0.2) is 9.97 Å². The molecule has 0 saturated carbocycles. The van der Waals surface area contributed by atoms with Crippen LogP contribution in [0.1, 0.15) is 19.8 Å². The maximum atomic E-state index is 12.2. The minimum absolute atomic E-state index is 0.00307. The molecule has 0 unspecified atom stereocenters. The summed E-state index contributed by atoms with van der Waals surface area (Å²) in [6.07, 6.45) is 6.40. The molecular formula is C17H20N4O3. The molecule has 0 radical (unpaired) electrons. The van der Waals surface area contributed by atoms with Crippen LogP contribution in [0.3, 0.4) is 0 Å². The molecule has 0 spiro atoms. The molecule has 3 heterocycles. The maximum Gasteiger partial charge on any atom is 0.232 e. The lowest BCUT2D eigenvalue weighted by atomic mass is 9.99. The van der Waals surface area contributed by atoms with Crippen molar-refractivity contribution >= 4 is 11.7 Å². The average molecular weight is 328 g/mol. The number of amides is 1. The minimum atomic E-state index is -0.00559. The second-order valence-electron chi connectivity index (χ2n) is 5.48. The molecule has 1 fully saturated rings. The summed E-state index contributed by atoms with van der Waals surface area (Å²) in [7, 11) is 0. The Morgan fingerprint density at radius 3 is 2.83 bits per heavy atom. The van der Waals surface area contributed by atoms with Gasteiger partial charge in [0.15, 0.2) is 0 Å². The van der Waals surface area contributed by atoms with Crippen molar-refractivity contribution in [1.82, 2.24) is 15.0 Å². The van der Waals surface area contributed by atoms with Crippen molar-refractivity contribution in [3.05, 3.63) is 30.7 Å². The van der Waals surface area contributed by atoms with Gasteiger partial charge in [-0.3, -0.25) is 9.78 Å². The molecule has 0 aromatic carbocycles. The van der Waals surface area contributed by atoms with Gasteiger partial charge in [-0.1, -0.05) is 0 Å². The molecule has 2 aromatic heterocycles. The fourth-order valence-electron chi connectivity index (χ4n) is 2.51. The number of hydrogen-bond acceptors (Lipinski definition) is 6. The highest BCUT2D eigenvalue weighted by Gasteiger charge is 2.21. The van der Waals surface area contributed by atoms with E-state index in [2.05, 4.69) is 20.3 Å². The van der Waals surface area contributed by atoms with Crippen LogP contribution in [0.2, 0.25) is 0 Å². The van der Waals surface area contributed by atoms with Gasteiger partial charge in [0.25, 0.3) is 0 Å². The summed E-state index contributed by atoms with van der Waals surface area (Å²) in [5.74, 6) is 1.00. The number of nitrogens with one attached hydrogen (secondary N) is 1. The number of carbonyl (C=O) groups is 1. The van der Waals surface area contributed by atoms with E-state index in [1.54, 1.807) is 24.7 Å². The van der Waals surface area contributed by atoms with E-state index in [1.165, 1.54) is 0 Å². The second kappa shape index (κ2) is 7.83. The molecular weight excluding hydrogens is 308 g/mol. The summed E-state index contributed by atoms with van der Waals surface area (Å²) in [6, 6.07) is 3.62. The van der Waals surface area contributed by atoms with Crippen LogP contribution in [0.4, 0.5) is 5.82 Å². The molecule has 1 aliphatic heterocycles. The molecule has 126 valence electrons. The van der Waals surface area contributed by atoms with Gasteiger partial charge in [-0.05, 0) is 31.9 Å². The Balaban J connectivity index is 1.66. The van der Waals surface area contributed by atoms with Crippen molar-refractivity contribution in [2.45, 2.75) is 19.8 Å². The Bertz CT molecular complexity index is 684. The van der Waals surface area contributed by atoms with E-state index in [0.717, 1.165) is 18.4 Å². The van der Waals surface area contributed by atoms with Gasteiger partial charge in [-0.15, -0.1) is 0 Å². The lowest BCUT2D eigenvalue weighted by Crippen LogP contribution is -2.28. The summed E-state index contributed by atoms with van der Waals surface area (Å²) < 4.78 is 10.6. The van der Waals surface area contributed by atoms with Crippen LogP contribution >= 0.6 is 0 Å². The van der Waals surface area contributed by atoms with Gasteiger partial charge in [0, 0.05) is 30.9 Å². The van der Waals surface area contributed by atoms with Gasteiger partial charge >= 0.3 is 0 Å². The monoisotopic (exact) mass is 328 g/mol. The Kier molecular flexibility index (Phi) is 5.32. The third kappa shape index (κ3) is 4.05. The first-order valence-electron chi connectivity index (χ1n) is 8.06. The molecule has 1 N–H and O–H groups in total. The Hall–Kier alpha value is -2.54. The van der Waals surface area contributed by atoms with Crippen LogP contribution in [0.5, 0.6) is 5.88 Å². The van der Waals surface area contributed by atoms with Gasteiger partial charge in [0.1, 0.15) is 5.82 Å². The summed E-state index contributed by atoms with van der Waals surface area (Å²) in [5.41, 5.74) is 1.49. The number of nitrogens with zero attached hydrogens (tertiary/aromatic N) is 3. The molecule has 24 heavy (non-hydrogen) atoms. The van der Waals surface area contributed by atoms with E-state index in [-0.39, 0.29) is 11.8 Å². The molecule has 7 nitrogen and oxygen atoms in total. The van der Waals surface area contributed by atoms with Crippen LogP contribution in [0, 0.1) is 5.92 Å². The van der Waals surface area contributed by atoms with E-state index in [4.69, 9.17) is 9.47 Å². The highest BCUT2D eigenvalue weighted by molar-refractivity contribution is 5.91. The lowest BCUT2D eigenvalue weighted by molar-refractivity contribution is -0.122. The zero-order chi connectivity index (χ0) is 16.8. The molecule has 0 atom stereocenters. The molecule has 0 bridgehead atoms. The first-order valence-corrected chi connectivity index (χ1v) is 8.06. The van der Waals surface area contributed by atoms with Gasteiger partial charge in [0.05, 0.1) is 24.7 Å². The van der Waals surface area contributed by atoms with Crippen LogP contribution in [-0.4, -0.2) is 40.7 Å². The van der Waals surface area contributed by atoms with E-state index in [0.29, 0.717) is 37.2 Å². The van der Waals surface area contributed by atoms with E-state index in [9.17, 15) is 4.79 Å². The number of anilines is 1. The molecule has 1 aliphatic rings. The minimum Gasteiger partial charge on any atom is -0.477 e. The SMILES string of the molecule is CCOc1cncc(-c2ccc(NC(=O)C3CCOCC3)nc2)n1. The van der Waals surface area contributed by atoms with Crippen molar-refractivity contribution in [3.8, 4) is 17.1 Å². The van der Waals surface area contributed by atoms with Crippen molar-refractivity contribution in [1.29, 1.82) is 0 Å². The van der Waals surface area contributed by atoms with E-state index in [1.807, 2.05) is 13.0 Å². The second-order valence-corrected chi connectivity index (χ2v) is 5.48. The summed E-state index contributed by atoms with van der Waals surface area (Å²) in [4.78, 5) is 25.0. The van der Waals surface area contributed by atoms with Crippen molar-refractivity contribution < 1.29 is 14.3 Å². The largest absolute Gasteiger partial charge is 0.477 e. The van der Waals surface area contributed by atoms with Gasteiger partial charge in [0.2, 0.25) is 11.8 Å². The maximum absolute atomic E-state index is 12.2. The molecule has 3 rings (SSSR count). The molecule has 0 aliphatic carbocycles. The van der Waals surface area contributed by atoms with E-state index < -0.39 is 0 Å². The van der Waals surface area contributed by atoms with Crippen LogP contribution in [0.25, 0.3) is 11.3 Å². The van der Waals surface area contributed by atoms with Gasteiger partial charge in [-0.2, -0.15) is 0 Å². The molecule has 1 saturated heterocycles. The fourth-order valence-corrected chi connectivity index (χ4v) is 2.51. The predicted molar refractivity (Wildman–Crippen MR) is 88.6 cm³/mol. The Morgan fingerprint density at radius 1 is 1.29 bits per heavy atom. The van der Waals surface area contributed by atoms with Crippen molar-refractivity contribution in [2.75, 3.05) is 25.1 Å². The Morgan fingerprint density at radius 2 is 2.12 bits per heavy atom. The molecule has 2 aromatic rings. The van der Waals surface area contributed by atoms with Crippen LogP contribution in [-0.2, 0) is 9.53 Å². The first kappa shape index (κ1) is 16.3. The third-order valence-electron chi connectivity index (χ3n) is 3.81. The average Bonchev–Trinajstić information content (AvgIpc) is 2.63. The number of ether oxygens (including phenoxy) is 2. The summed E-state index contributed by atoms with van der Waals surface area (Å²) >= 11 is 0. The van der Waals surface area contributed by atoms with Gasteiger partial charge < -0.3 is 14.8 Å². The fraction of sp³-hybridized carbons (Fsp3) is 0.412. The third-order valence-corrected chi connectivity index (χ3v) is 3.81. The summed E-state index contributed by atoms with van der Waals surface area (Å²) in [5, 5.41) is 2.86. The lowest BCUT2D eigenvalue weighted by Gasteiger charge is -2.20. The number of carbonyl (C=O) groups excluding carboxylic acids is 1. The summed E-state index contributed by atoms with van der Waals surface area (Å²) in [6.45, 7) is 3.71. The number of rotatable bonds is 5.